The van der Waals surface area contributed by atoms with Crippen LogP contribution in [-0.2, 0) is 4.79 Å². The lowest BCUT2D eigenvalue weighted by molar-refractivity contribution is -0.120. The largest absolute Gasteiger partial charge is 0.300 e. The lowest BCUT2D eigenvalue weighted by Gasteiger charge is -2.51. The predicted octanol–water partition coefficient (Wildman–Crippen LogP) is 8.75. The quantitative estimate of drug-likeness (QED) is 0.416. The van der Waals surface area contributed by atoms with E-state index in [2.05, 4.69) is 106 Å². The van der Waals surface area contributed by atoms with Crippen molar-refractivity contribution in [2.45, 2.75) is 110 Å². The average molecular weight is 451 g/mol. The summed E-state index contributed by atoms with van der Waals surface area (Å²) in [6, 6.07) is 13.5. The zero-order chi connectivity index (χ0) is 24.0. The van der Waals surface area contributed by atoms with Crippen molar-refractivity contribution >= 4 is 19.0 Å². The summed E-state index contributed by atoms with van der Waals surface area (Å²) in [5, 5.41) is 1.53. The number of carbonyl (C=O) groups excluding carboxylic acids is 1. The zero-order valence-electron chi connectivity index (χ0n) is 22.0. The molecule has 3 rings (SSSR count). The normalized spacial score (nSPS) is 18.7. The van der Waals surface area contributed by atoms with Crippen molar-refractivity contribution in [2.75, 3.05) is 0 Å². The van der Waals surface area contributed by atoms with Crippen LogP contribution in [0.2, 0.25) is 0 Å². The number of rotatable bonds is 5. The van der Waals surface area contributed by atoms with Crippen LogP contribution in [0.25, 0.3) is 11.1 Å². The molecule has 1 aliphatic rings. The fourth-order valence-electron chi connectivity index (χ4n) is 6.13. The molecule has 1 nitrogen and oxygen atoms in total. The second kappa shape index (κ2) is 9.06. The molecule has 0 atom stereocenters. The van der Waals surface area contributed by atoms with Crippen molar-refractivity contribution < 1.29 is 4.79 Å². The molecule has 1 aliphatic heterocycles. The topological polar surface area (TPSA) is 17.1 Å². The lowest BCUT2D eigenvalue weighted by atomic mass is 9.81. The molecule has 0 amide bonds. The van der Waals surface area contributed by atoms with Gasteiger partial charge in [0.2, 0.25) is 0 Å². The molecule has 0 saturated carbocycles. The second-order valence-electron chi connectivity index (χ2n) is 11.9. The average Bonchev–Trinajstić information content (AvgIpc) is 2.65. The minimum atomic E-state index is -0.571. The van der Waals surface area contributed by atoms with Gasteiger partial charge in [0.05, 0.1) is 0 Å². The van der Waals surface area contributed by atoms with E-state index in [1.165, 1.54) is 16.7 Å². The van der Waals surface area contributed by atoms with Crippen LogP contribution in [0.3, 0.4) is 0 Å². The number of Topliss-reactive ketones (excluding diaryl/α,β-unsaturated/α-hetero) is 1. The van der Waals surface area contributed by atoms with E-state index >= 15 is 0 Å². The Balaban J connectivity index is 2.52. The van der Waals surface area contributed by atoms with E-state index in [0.717, 1.165) is 0 Å². The first-order valence-corrected chi connectivity index (χ1v) is 13.7. The highest BCUT2D eigenvalue weighted by atomic mass is 31.1. The monoisotopic (exact) mass is 450 g/mol. The minimum Gasteiger partial charge on any atom is -0.300 e. The SMILES string of the molecule is CC(C)c1cc(-c2ccccc2)c(P2C(C)(C)CC(=O)CC2(C)C)c(C(C)C)c1C(C)C. The van der Waals surface area contributed by atoms with Crippen LogP contribution in [0.1, 0.15) is 117 Å². The van der Waals surface area contributed by atoms with Crippen LogP contribution in [0, 0.1) is 0 Å². The first-order valence-electron chi connectivity index (χ1n) is 12.4. The van der Waals surface area contributed by atoms with Gasteiger partial charge in [-0.05, 0) is 67.3 Å². The molecule has 0 bridgehead atoms. The molecular weight excluding hydrogens is 407 g/mol. The Labute approximate surface area is 198 Å². The van der Waals surface area contributed by atoms with Gasteiger partial charge >= 0.3 is 0 Å². The molecule has 174 valence electrons. The molecule has 0 N–H and O–H groups in total. The lowest BCUT2D eigenvalue weighted by Crippen LogP contribution is -2.44. The second-order valence-corrected chi connectivity index (χ2v) is 15.4. The van der Waals surface area contributed by atoms with E-state index in [9.17, 15) is 4.79 Å². The summed E-state index contributed by atoms with van der Waals surface area (Å²) >= 11 is 0. The Kier molecular flexibility index (Phi) is 7.12. The minimum absolute atomic E-state index is 0.0189. The maximum Gasteiger partial charge on any atom is 0.134 e. The Bertz CT molecular complexity index is 960. The number of benzene rings is 2. The predicted molar refractivity (Wildman–Crippen MR) is 143 cm³/mol. The van der Waals surface area contributed by atoms with Crippen molar-refractivity contribution in [1.82, 2.24) is 0 Å². The van der Waals surface area contributed by atoms with Gasteiger partial charge in [-0.15, -0.1) is 0 Å². The Morgan fingerprint density at radius 1 is 0.750 bits per heavy atom. The Hall–Kier alpha value is -1.46. The van der Waals surface area contributed by atoms with Crippen LogP contribution in [0.4, 0.5) is 0 Å². The van der Waals surface area contributed by atoms with E-state index in [0.29, 0.717) is 36.4 Å². The van der Waals surface area contributed by atoms with Gasteiger partial charge in [-0.25, -0.2) is 0 Å². The zero-order valence-corrected chi connectivity index (χ0v) is 22.9. The van der Waals surface area contributed by atoms with E-state index in [1.807, 2.05) is 0 Å². The Morgan fingerprint density at radius 3 is 1.69 bits per heavy atom. The van der Waals surface area contributed by atoms with Crippen LogP contribution < -0.4 is 5.30 Å². The molecule has 1 fully saturated rings. The van der Waals surface area contributed by atoms with Crippen LogP contribution in [0.15, 0.2) is 36.4 Å². The van der Waals surface area contributed by atoms with Gasteiger partial charge < -0.3 is 0 Å². The van der Waals surface area contributed by atoms with Crippen molar-refractivity contribution in [3.63, 3.8) is 0 Å². The molecule has 1 heterocycles. The first kappa shape index (κ1) is 25.2. The van der Waals surface area contributed by atoms with Gasteiger partial charge in [-0.1, -0.05) is 107 Å². The number of hydrogen-bond acceptors (Lipinski definition) is 1. The number of carbonyl (C=O) groups is 1. The van der Waals surface area contributed by atoms with Gasteiger partial charge in [0.15, 0.2) is 0 Å². The summed E-state index contributed by atoms with van der Waals surface area (Å²) in [4.78, 5) is 12.8. The van der Waals surface area contributed by atoms with E-state index in [1.54, 1.807) is 16.4 Å². The van der Waals surface area contributed by atoms with Gasteiger partial charge in [0.1, 0.15) is 5.78 Å². The van der Waals surface area contributed by atoms with E-state index < -0.39 is 7.92 Å². The van der Waals surface area contributed by atoms with Crippen molar-refractivity contribution in [1.29, 1.82) is 0 Å². The molecule has 0 spiro atoms. The highest BCUT2D eigenvalue weighted by molar-refractivity contribution is 7.69. The highest BCUT2D eigenvalue weighted by Crippen LogP contribution is 2.66. The standard InChI is InChI=1S/C30H43OP/c1-19(2)24-16-25(22-14-12-11-13-15-22)28(27(21(5)6)26(24)20(3)4)32-29(7,8)17-23(31)18-30(32,9)10/h11-16,19-21H,17-18H2,1-10H3. The number of ketones is 1. The van der Waals surface area contributed by atoms with Gasteiger partial charge in [0, 0.05) is 12.8 Å². The van der Waals surface area contributed by atoms with Crippen molar-refractivity contribution in [2.24, 2.45) is 0 Å². The molecule has 0 aliphatic carbocycles. The molecule has 0 radical (unpaired) electrons. The van der Waals surface area contributed by atoms with E-state index in [4.69, 9.17) is 0 Å². The molecule has 0 aromatic heterocycles. The maximum absolute atomic E-state index is 12.8. The summed E-state index contributed by atoms with van der Waals surface area (Å²) < 4.78 is 0. The summed E-state index contributed by atoms with van der Waals surface area (Å²) in [7, 11) is -0.571. The smallest absolute Gasteiger partial charge is 0.134 e. The number of hydrogen-bond donors (Lipinski definition) is 0. The van der Waals surface area contributed by atoms with E-state index in [-0.39, 0.29) is 10.3 Å². The molecule has 0 unspecified atom stereocenters. The molecule has 2 aromatic carbocycles. The summed E-state index contributed by atoms with van der Waals surface area (Å²) in [6.07, 6.45) is 1.38. The summed E-state index contributed by atoms with van der Waals surface area (Å²) in [6.45, 7) is 23.5. The van der Waals surface area contributed by atoms with Crippen LogP contribution in [-0.4, -0.2) is 16.1 Å². The van der Waals surface area contributed by atoms with Gasteiger partial charge in [-0.3, -0.25) is 4.79 Å². The first-order chi connectivity index (χ1) is 14.8. The Morgan fingerprint density at radius 2 is 1.25 bits per heavy atom. The molecular formula is C30H43OP. The highest BCUT2D eigenvalue weighted by Gasteiger charge is 2.49. The van der Waals surface area contributed by atoms with Gasteiger partial charge in [-0.2, -0.15) is 0 Å². The molecule has 32 heavy (non-hydrogen) atoms. The van der Waals surface area contributed by atoms with Crippen molar-refractivity contribution in [3.05, 3.63) is 53.1 Å². The third-order valence-electron chi connectivity index (χ3n) is 6.97. The summed E-state index contributed by atoms with van der Waals surface area (Å²) in [5.41, 5.74) is 7.32. The summed E-state index contributed by atoms with van der Waals surface area (Å²) in [5.74, 6) is 1.81. The molecule has 1 saturated heterocycles. The van der Waals surface area contributed by atoms with Crippen LogP contribution in [0.5, 0.6) is 0 Å². The fourth-order valence-corrected chi connectivity index (χ4v) is 10.7. The van der Waals surface area contributed by atoms with Crippen molar-refractivity contribution in [3.8, 4) is 11.1 Å². The fraction of sp³-hybridized carbons (Fsp3) is 0.567. The maximum atomic E-state index is 12.8. The third-order valence-corrected chi connectivity index (χ3v) is 10.6. The third kappa shape index (κ3) is 4.61. The van der Waals surface area contributed by atoms with Crippen LogP contribution >= 0.6 is 7.92 Å². The molecule has 2 heteroatoms. The molecule has 2 aromatic rings. The van der Waals surface area contributed by atoms with Gasteiger partial charge in [0.25, 0.3) is 0 Å².